The van der Waals surface area contributed by atoms with Gasteiger partial charge in [0.2, 0.25) is 5.91 Å². The molecule has 166 valence electrons. The third-order valence-corrected chi connectivity index (χ3v) is 4.53. The molecule has 0 aromatic heterocycles. The summed E-state index contributed by atoms with van der Waals surface area (Å²) < 4.78 is 0. The van der Waals surface area contributed by atoms with Crippen molar-refractivity contribution in [2.24, 2.45) is 0 Å². The maximum atomic E-state index is 12.5. The maximum Gasteiger partial charge on any atom is 0.253 e. The van der Waals surface area contributed by atoms with E-state index in [0.717, 1.165) is 5.69 Å². The Balaban J connectivity index is 1.92. The summed E-state index contributed by atoms with van der Waals surface area (Å²) in [6, 6.07) is 13.9. The lowest BCUT2D eigenvalue weighted by atomic mass is 10.1. The molecule has 3 amide bonds. The Kier molecular flexibility index (Phi) is 8.19. The van der Waals surface area contributed by atoms with Crippen molar-refractivity contribution in [1.29, 1.82) is 0 Å². The Morgan fingerprint density at radius 3 is 2.10 bits per heavy atom. The molecule has 2 aromatic rings. The molecule has 2 aromatic carbocycles. The van der Waals surface area contributed by atoms with E-state index in [1.807, 2.05) is 34.6 Å². The molecule has 0 fully saturated rings. The third-order valence-electron chi connectivity index (χ3n) is 4.53. The predicted octanol–water partition coefficient (Wildman–Crippen LogP) is 3.75. The second-order valence-corrected chi connectivity index (χ2v) is 8.24. The standard InChI is InChI=1S/C24H32N4O3/c1-6-28(7-2)23(31)18-9-8-10-20(15-18)26-21(29)16-25-19-13-11-17(12-14-19)22(30)27-24(3,4)5/h8-15,25H,6-7,16H2,1-5H3,(H,26,29)(H,27,30). The number of nitrogens with zero attached hydrogens (tertiary/aromatic N) is 1. The van der Waals surface area contributed by atoms with Crippen molar-refractivity contribution in [3.05, 3.63) is 59.7 Å². The molecule has 31 heavy (non-hydrogen) atoms. The molecule has 0 aliphatic heterocycles. The zero-order valence-electron chi connectivity index (χ0n) is 18.9. The SMILES string of the molecule is CCN(CC)C(=O)c1cccc(NC(=O)CNc2ccc(C(=O)NC(C)(C)C)cc2)c1. The first kappa shape index (κ1) is 23.9. The number of nitrogens with one attached hydrogen (secondary N) is 3. The van der Waals surface area contributed by atoms with Gasteiger partial charge >= 0.3 is 0 Å². The van der Waals surface area contributed by atoms with Crippen molar-refractivity contribution in [3.8, 4) is 0 Å². The molecule has 0 bridgehead atoms. The molecule has 0 spiro atoms. The van der Waals surface area contributed by atoms with Crippen molar-refractivity contribution >= 4 is 29.1 Å². The van der Waals surface area contributed by atoms with Crippen molar-refractivity contribution < 1.29 is 14.4 Å². The lowest BCUT2D eigenvalue weighted by Gasteiger charge is -2.20. The van der Waals surface area contributed by atoms with Crippen LogP contribution < -0.4 is 16.0 Å². The molecule has 3 N–H and O–H groups in total. The van der Waals surface area contributed by atoms with E-state index in [2.05, 4.69) is 16.0 Å². The lowest BCUT2D eigenvalue weighted by Crippen LogP contribution is -2.40. The third kappa shape index (κ3) is 7.44. The van der Waals surface area contributed by atoms with Crippen LogP contribution in [-0.2, 0) is 4.79 Å². The molecule has 2 rings (SSSR count). The van der Waals surface area contributed by atoms with Crippen molar-refractivity contribution in [3.63, 3.8) is 0 Å². The highest BCUT2D eigenvalue weighted by Crippen LogP contribution is 2.14. The van der Waals surface area contributed by atoms with Gasteiger partial charge in [0, 0.05) is 41.1 Å². The van der Waals surface area contributed by atoms with E-state index >= 15 is 0 Å². The van der Waals surface area contributed by atoms with E-state index in [0.29, 0.717) is 29.9 Å². The number of carbonyl (C=O) groups is 3. The van der Waals surface area contributed by atoms with Crippen LogP contribution in [0.4, 0.5) is 11.4 Å². The first-order chi connectivity index (χ1) is 14.6. The van der Waals surface area contributed by atoms with Gasteiger partial charge in [-0.25, -0.2) is 0 Å². The minimum Gasteiger partial charge on any atom is -0.376 e. The summed E-state index contributed by atoms with van der Waals surface area (Å²) in [5.74, 6) is -0.437. The smallest absolute Gasteiger partial charge is 0.253 e. The second-order valence-electron chi connectivity index (χ2n) is 8.24. The summed E-state index contributed by atoms with van der Waals surface area (Å²) in [7, 11) is 0. The number of anilines is 2. The summed E-state index contributed by atoms with van der Waals surface area (Å²) in [5, 5.41) is 8.74. The van der Waals surface area contributed by atoms with E-state index in [9.17, 15) is 14.4 Å². The van der Waals surface area contributed by atoms with Crippen LogP contribution in [0.15, 0.2) is 48.5 Å². The first-order valence-electron chi connectivity index (χ1n) is 10.5. The largest absolute Gasteiger partial charge is 0.376 e. The van der Waals surface area contributed by atoms with Crippen LogP contribution >= 0.6 is 0 Å². The van der Waals surface area contributed by atoms with Crippen LogP contribution in [0.3, 0.4) is 0 Å². The lowest BCUT2D eigenvalue weighted by molar-refractivity contribution is -0.114. The molecule has 0 atom stereocenters. The molecule has 7 heteroatoms. The fourth-order valence-electron chi connectivity index (χ4n) is 2.96. The summed E-state index contributed by atoms with van der Waals surface area (Å²) in [6.45, 7) is 11.0. The van der Waals surface area contributed by atoms with E-state index in [-0.39, 0.29) is 29.8 Å². The molecule has 0 saturated carbocycles. The molecule has 0 aliphatic rings. The van der Waals surface area contributed by atoms with Gasteiger partial charge in [0.1, 0.15) is 0 Å². The van der Waals surface area contributed by atoms with Gasteiger partial charge in [-0.05, 0) is 77.1 Å². The summed E-state index contributed by atoms with van der Waals surface area (Å²) in [5.41, 5.74) is 2.09. The quantitative estimate of drug-likeness (QED) is 0.602. The number of amides is 3. The van der Waals surface area contributed by atoms with Crippen molar-refractivity contribution in [2.75, 3.05) is 30.3 Å². The minimum atomic E-state index is -0.306. The van der Waals surface area contributed by atoms with Crippen LogP contribution in [0, 0.1) is 0 Å². The fourth-order valence-corrected chi connectivity index (χ4v) is 2.96. The molecule has 0 saturated heterocycles. The maximum absolute atomic E-state index is 12.5. The molecule has 7 nitrogen and oxygen atoms in total. The Labute approximate surface area is 184 Å². The van der Waals surface area contributed by atoms with Crippen LogP contribution in [-0.4, -0.2) is 47.8 Å². The molecule has 0 aliphatic carbocycles. The molecular weight excluding hydrogens is 392 g/mol. The number of benzene rings is 2. The normalized spacial score (nSPS) is 10.9. The van der Waals surface area contributed by atoms with Crippen molar-refractivity contribution in [2.45, 2.75) is 40.2 Å². The Morgan fingerprint density at radius 2 is 1.52 bits per heavy atom. The Morgan fingerprint density at radius 1 is 0.871 bits per heavy atom. The van der Waals surface area contributed by atoms with Crippen LogP contribution in [0.5, 0.6) is 0 Å². The van der Waals surface area contributed by atoms with Gasteiger partial charge in [-0.1, -0.05) is 6.07 Å². The van der Waals surface area contributed by atoms with Gasteiger partial charge in [-0.15, -0.1) is 0 Å². The highest BCUT2D eigenvalue weighted by atomic mass is 16.2. The zero-order chi connectivity index (χ0) is 23.0. The Hall–Kier alpha value is -3.35. The van der Waals surface area contributed by atoms with E-state index in [4.69, 9.17) is 0 Å². The predicted molar refractivity (Wildman–Crippen MR) is 124 cm³/mol. The topological polar surface area (TPSA) is 90.5 Å². The van der Waals surface area contributed by atoms with E-state index in [1.54, 1.807) is 53.4 Å². The molecule has 0 radical (unpaired) electrons. The van der Waals surface area contributed by atoms with Gasteiger partial charge in [-0.2, -0.15) is 0 Å². The van der Waals surface area contributed by atoms with E-state index < -0.39 is 0 Å². The molecule has 0 unspecified atom stereocenters. The van der Waals surface area contributed by atoms with Gasteiger partial charge in [0.25, 0.3) is 11.8 Å². The molecule has 0 heterocycles. The van der Waals surface area contributed by atoms with Gasteiger partial charge in [0.15, 0.2) is 0 Å². The first-order valence-corrected chi connectivity index (χ1v) is 10.5. The molecular formula is C24H32N4O3. The number of hydrogen-bond donors (Lipinski definition) is 3. The average molecular weight is 425 g/mol. The zero-order valence-corrected chi connectivity index (χ0v) is 18.9. The fraction of sp³-hybridized carbons (Fsp3) is 0.375. The van der Waals surface area contributed by atoms with E-state index in [1.165, 1.54) is 0 Å². The van der Waals surface area contributed by atoms with Crippen LogP contribution in [0.1, 0.15) is 55.3 Å². The monoisotopic (exact) mass is 424 g/mol. The number of rotatable bonds is 8. The highest BCUT2D eigenvalue weighted by Gasteiger charge is 2.15. The van der Waals surface area contributed by atoms with Gasteiger partial charge in [-0.3, -0.25) is 14.4 Å². The van der Waals surface area contributed by atoms with Gasteiger partial charge < -0.3 is 20.9 Å². The second kappa shape index (κ2) is 10.6. The number of carbonyl (C=O) groups excluding carboxylic acids is 3. The van der Waals surface area contributed by atoms with Gasteiger partial charge in [0.05, 0.1) is 6.54 Å². The van der Waals surface area contributed by atoms with Crippen molar-refractivity contribution in [1.82, 2.24) is 10.2 Å². The minimum absolute atomic E-state index is 0.0573. The summed E-state index contributed by atoms with van der Waals surface area (Å²) in [6.07, 6.45) is 0. The Bertz CT molecular complexity index is 913. The summed E-state index contributed by atoms with van der Waals surface area (Å²) >= 11 is 0. The van der Waals surface area contributed by atoms with Crippen LogP contribution in [0.25, 0.3) is 0 Å². The van der Waals surface area contributed by atoms with Crippen LogP contribution in [0.2, 0.25) is 0 Å². The summed E-state index contributed by atoms with van der Waals surface area (Å²) in [4.78, 5) is 38.7. The highest BCUT2D eigenvalue weighted by molar-refractivity contribution is 5.98. The number of hydrogen-bond acceptors (Lipinski definition) is 4. The average Bonchev–Trinajstić information content (AvgIpc) is 2.72.